The maximum atomic E-state index is 12.7. The second-order valence-electron chi connectivity index (χ2n) is 7.35. The molecule has 0 saturated heterocycles. The minimum absolute atomic E-state index is 0.0276. The van der Waals surface area contributed by atoms with E-state index in [2.05, 4.69) is 10.4 Å². The molecule has 0 aliphatic carbocycles. The van der Waals surface area contributed by atoms with Crippen LogP contribution in [0.3, 0.4) is 0 Å². The summed E-state index contributed by atoms with van der Waals surface area (Å²) in [6.45, 7) is 3.89. The van der Waals surface area contributed by atoms with Gasteiger partial charge in [-0.2, -0.15) is 9.40 Å². The highest BCUT2D eigenvalue weighted by molar-refractivity contribution is 7.89. The molecule has 0 saturated carbocycles. The third kappa shape index (κ3) is 5.33. The molecule has 0 unspecified atom stereocenters. The van der Waals surface area contributed by atoms with Crippen molar-refractivity contribution in [2.75, 3.05) is 13.6 Å². The smallest absolute Gasteiger partial charge is 0.252 e. The summed E-state index contributed by atoms with van der Waals surface area (Å²) in [5, 5.41) is 7.48. The number of carbonyl (C=O) groups excluding carboxylic acids is 1. The third-order valence-electron chi connectivity index (χ3n) is 4.92. The molecule has 0 radical (unpaired) electrons. The molecule has 3 aromatic rings. The topological polar surface area (TPSA) is 84.3 Å². The van der Waals surface area contributed by atoms with Crippen LogP contribution in [-0.2, 0) is 16.4 Å². The number of amides is 1. The number of para-hydroxylation sites is 1. The summed E-state index contributed by atoms with van der Waals surface area (Å²) >= 11 is 6.17. The minimum Gasteiger partial charge on any atom is -0.352 e. The maximum Gasteiger partial charge on any atom is 0.252 e. The van der Waals surface area contributed by atoms with Crippen LogP contribution >= 0.6 is 11.6 Å². The normalized spacial score (nSPS) is 11.8. The van der Waals surface area contributed by atoms with Crippen LogP contribution in [0.5, 0.6) is 0 Å². The first-order valence-corrected chi connectivity index (χ1v) is 11.7. The Labute approximate surface area is 187 Å². The lowest BCUT2D eigenvalue weighted by Crippen LogP contribution is -2.33. The van der Waals surface area contributed by atoms with E-state index in [9.17, 15) is 13.2 Å². The lowest BCUT2D eigenvalue weighted by atomic mass is 10.2. The van der Waals surface area contributed by atoms with Crippen LogP contribution in [-0.4, -0.2) is 48.0 Å². The van der Waals surface area contributed by atoms with Gasteiger partial charge in [-0.15, -0.1) is 0 Å². The highest BCUT2D eigenvalue weighted by Crippen LogP contribution is 2.23. The van der Waals surface area contributed by atoms with Gasteiger partial charge in [0.1, 0.15) is 0 Å². The van der Waals surface area contributed by atoms with Crippen LogP contribution in [0.2, 0.25) is 5.02 Å². The summed E-state index contributed by atoms with van der Waals surface area (Å²) in [7, 11) is -2.21. The molecule has 1 amide bonds. The number of nitrogens with one attached hydrogen (secondary N) is 1. The van der Waals surface area contributed by atoms with Gasteiger partial charge in [0.25, 0.3) is 5.91 Å². The molecule has 31 heavy (non-hydrogen) atoms. The summed E-state index contributed by atoms with van der Waals surface area (Å²) < 4.78 is 28.5. The maximum absolute atomic E-state index is 12.7. The zero-order valence-electron chi connectivity index (χ0n) is 17.6. The Morgan fingerprint density at radius 1 is 1.16 bits per heavy atom. The predicted octanol–water partition coefficient (Wildman–Crippen LogP) is 3.53. The Morgan fingerprint density at radius 3 is 2.55 bits per heavy atom. The van der Waals surface area contributed by atoms with E-state index >= 15 is 0 Å². The Kier molecular flexibility index (Phi) is 7.15. The zero-order chi connectivity index (χ0) is 22.6. The van der Waals surface area contributed by atoms with Gasteiger partial charge in [-0.25, -0.2) is 13.1 Å². The first kappa shape index (κ1) is 23.0. The molecule has 0 aliphatic heterocycles. The summed E-state index contributed by atoms with van der Waals surface area (Å²) in [6.07, 6.45) is 2.39. The molecule has 0 spiro atoms. The Morgan fingerprint density at radius 2 is 1.87 bits per heavy atom. The molecule has 1 aromatic heterocycles. The Bertz CT molecular complexity index is 1160. The van der Waals surface area contributed by atoms with Crippen LogP contribution in [0, 0.1) is 0 Å². The molecule has 3 rings (SSSR count). The number of rotatable bonds is 8. The van der Waals surface area contributed by atoms with Gasteiger partial charge < -0.3 is 5.32 Å². The van der Waals surface area contributed by atoms with Crippen molar-refractivity contribution in [3.63, 3.8) is 0 Å². The van der Waals surface area contributed by atoms with Crippen molar-refractivity contribution in [2.45, 2.75) is 31.2 Å². The largest absolute Gasteiger partial charge is 0.352 e. The summed E-state index contributed by atoms with van der Waals surface area (Å²) in [6, 6.07) is 15.6. The standard InChI is InChI=1S/C22H25ClN4O3S/c1-16(2)26(3)31(29,30)19-9-10-21(23)20(15-19)22(28)24-13-11-17-12-14-27(25-17)18-7-5-4-6-8-18/h4-10,12,14-16H,11,13H2,1-3H3,(H,24,28). The van der Waals surface area contributed by atoms with Crippen molar-refractivity contribution in [1.29, 1.82) is 0 Å². The second kappa shape index (κ2) is 9.64. The van der Waals surface area contributed by atoms with Crippen LogP contribution in [0.1, 0.15) is 29.9 Å². The number of nitrogens with zero attached hydrogens (tertiary/aromatic N) is 3. The average Bonchev–Trinajstić information content (AvgIpc) is 3.22. The van der Waals surface area contributed by atoms with Crippen LogP contribution in [0.4, 0.5) is 0 Å². The fourth-order valence-electron chi connectivity index (χ4n) is 2.90. The first-order valence-electron chi connectivity index (χ1n) is 9.86. The minimum atomic E-state index is -3.72. The van der Waals surface area contributed by atoms with E-state index in [0.29, 0.717) is 13.0 Å². The summed E-state index contributed by atoms with van der Waals surface area (Å²) in [5.74, 6) is -0.434. The molecule has 0 bridgehead atoms. The zero-order valence-corrected chi connectivity index (χ0v) is 19.2. The van der Waals surface area contributed by atoms with E-state index in [1.54, 1.807) is 18.5 Å². The van der Waals surface area contributed by atoms with Gasteiger partial charge in [-0.05, 0) is 50.2 Å². The van der Waals surface area contributed by atoms with E-state index in [1.807, 2.05) is 42.6 Å². The monoisotopic (exact) mass is 460 g/mol. The molecule has 9 heteroatoms. The fraction of sp³-hybridized carbons (Fsp3) is 0.273. The lowest BCUT2D eigenvalue weighted by molar-refractivity contribution is 0.0954. The van der Waals surface area contributed by atoms with E-state index in [0.717, 1.165) is 11.4 Å². The van der Waals surface area contributed by atoms with Gasteiger partial charge in [-0.1, -0.05) is 29.8 Å². The molecule has 0 atom stereocenters. The molecule has 2 aromatic carbocycles. The van der Waals surface area contributed by atoms with Crippen LogP contribution in [0.15, 0.2) is 65.7 Å². The number of hydrogen-bond acceptors (Lipinski definition) is 4. The van der Waals surface area contributed by atoms with Crippen molar-refractivity contribution in [3.8, 4) is 5.69 Å². The molecule has 164 valence electrons. The second-order valence-corrected chi connectivity index (χ2v) is 9.75. The number of aromatic nitrogens is 2. The van der Waals surface area contributed by atoms with Crippen molar-refractivity contribution < 1.29 is 13.2 Å². The molecule has 1 N–H and O–H groups in total. The third-order valence-corrected chi connectivity index (χ3v) is 7.28. The van der Waals surface area contributed by atoms with Gasteiger partial charge in [0.05, 0.1) is 26.9 Å². The predicted molar refractivity (Wildman–Crippen MR) is 121 cm³/mol. The molecular weight excluding hydrogens is 436 g/mol. The Hall–Kier alpha value is -2.68. The van der Waals surface area contributed by atoms with E-state index in [4.69, 9.17) is 11.6 Å². The van der Waals surface area contributed by atoms with E-state index in [-0.39, 0.29) is 21.5 Å². The van der Waals surface area contributed by atoms with Crippen molar-refractivity contribution in [3.05, 3.63) is 77.1 Å². The van der Waals surface area contributed by atoms with Gasteiger partial charge in [-0.3, -0.25) is 4.79 Å². The van der Waals surface area contributed by atoms with E-state index < -0.39 is 15.9 Å². The average molecular weight is 461 g/mol. The van der Waals surface area contributed by atoms with Crippen LogP contribution in [0.25, 0.3) is 5.69 Å². The van der Waals surface area contributed by atoms with E-state index in [1.165, 1.54) is 29.6 Å². The number of sulfonamides is 1. The fourth-order valence-corrected chi connectivity index (χ4v) is 4.50. The number of halogens is 1. The number of hydrogen-bond donors (Lipinski definition) is 1. The Balaban J connectivity index is 1.67. The van der Waals surface area contributed by atoms with Crippen molar-refractivity contribution in [1.82, 2.24) is 19.4 Å². The SMILES string of the molecule is CC(C)N(C)S(=O)(=O)c1ccc(Cl)c(C(=O)NCCc2ccn(-c3ccccc3)n2)c1. The highest BCUT2D eigenvalue weighted by atomic mass is 35.5. The quantitative estimate of drug-likeness (QED) is 0.557. The van der Waals surface area contributed by atoms with Crippen LogP contribution < -0.4 is 5.32 Å². The van der Waals surface area contributed by atoms with Gasteiger partial charge in [0.15, 0.2) is 0 Å². The number of benzene rings is 2. The lowest BCUT2D eigenvalue weighted by Gasteiger charge is -2.21. The van der Waals surface area contributed by atoms with Crippen molar-refractivity contribution in [2.24, 2.45) is 0 Å². The first-order chi connectivity index (χ1) is 14.7. The highest BCUT2D eigenvalue weighted by Gasteiger charge is 2.25. The molecule has 1 heterocycles. The summed E-state index contributed by atoms with van der Waals surface area (Å²) in [4.78, 5) is 12.7. The van der Waals surface area contributed by atoms with Gasteiger partial charge in [0.2, 0.25) is 10.0 Å². The molecule has 7 nitrogen and oxygen atoms in total. The molecular formula is C22H25ClN4O3S. The van der Waals surface area contributed by atoms with Gasteiger partial charge >= 0.3 is 0 Å². The van der Waals surface area contributed by atoms with Crippen molar-refractivity contribution >= 4 is 27.5 Å². The number of carbonyl (C=O) groups is 1. The molecule has 0 aliphatic rings. The summed E-state index contributed by atoms with van der Waals surface area (Å²) in [5.41, 5.74) is 1.90. The molecule has 0 fully saturated rings. The van der Waals surface area contributed by atoms with Gasteiger partial charge in [0, 0.05) is 32.3 Å².